The summed E-state index contributed by atoms with van der Waals surface area (Å²) in [5, 5.41) is 3.32. The average Bonchev–Trinajstić information content (AvgIpc) is 3.09. The molecule has 1 aliphatic rings. The summed E-state index contributed by atoms with van der Waals surface area (Å²) < 4.78 is 1.92. The van der Waals surface area contributed by atoms with Crippen LogP contribution in [0.4, 0.5) is 0 Å². The standard InChI is InChI=1S/C16H20N4O.2ClH/c1-19(14-6-8-17-9-7-14)16(21)13-2-4-15(5-3-13)20-11-10-18-12-20;;/h2-5,10-12,14,17H,6-9H2,1H3;2*1H. The maximum atomic E-state index is 12.5. The van der Waals surface area contributed by atoms with Crippen molar-refractivity contribution < 1.29 is 4.79 Å². The zero-order valence-corrected chi connectivity index (χ0v) is 14.6. The highest BCUT2D eigenvalue weighted by Crippen LogP contribution is 2.15. The predicted octanol–water partition coefficient (Wildman–Crippen LogP) is 2.54. The fourth-order valence-electron chi connectivity index (χ4n) is 2.75. The molecule has 1 N–H and O–H groups in total. The Morgan fingerprint density at radius 2 is 1.87 bits per heavy atom. The van der Waals surface area contributed by atoms with E-state index >= 15 is 0 Å². The maximum Gasteiger partial charge on any atom is 0.253 e. The van der Waals surface area contributed by atoms with Crippen LogP contribution in [0.15, 0.2) is 43.0 Å². The molecule has 0 spiro atoms. The summed E-state index contributed by atoms with van der Waals surface area (Å²) in [7, 11) is 1.90. The molecule has 0 saturated carbocycles. The number of nitrogens with one attached hydrogen (secondary N) is 1. The zero-order chi connectivity index (χ0) is 14.7. The lowest BCUT2D eigenvalue weighted by molar-refractivity contribution is 0.0703. The molecule has 1 amide bonds. The van der Waals surface area contributed by atoms with Gasteiger partial charge in [0.15, 0.2) is 0 Å². The molecule has 0 aliphatic carbocycles. The van der Waals surface area contributed by atoms with Crippen molar-refractivity contribution in [2.45, 2.75) is 18.9 Å². The molecular formula is C16H22Cl2N4O. The van der Waals surface area contributed by atoms with Crippen molar-refractivity contribution in [3.8, 4) is 5.69 Å². The number of carbonyl (C=O) groups is 1. The largest absolute Gasteiger partial charge is 0.339 e. The normalized spacial score (nSPS) is 14.5. The lowest BCUT2D eigenvalue weighted by Crippen LogP contribution is -2.43. The summed E-state index contributed by atoms with van der Waals surface area (Å²) in [6.45, 7) is 1.98. The number of amides is 1. The van der Waals surface area contributed by atoms with Gasteiger partial charge < -0.3 is 14.8 Å². The number of carbonyl (C=O) groups excluding carboxylic acids is 1. The monoisotopic (exact) mass is 356 g/mol. The van der Waals surface area contributed by atoms with Gasteiger partial charge in [-0.2, -0.15) is 0 Å². The zero-order valence-electron chi connectivity index (χ0n) is 13.0. The Kier molecular flexibility index (Phi) is 7.55. The Balaban J connectivity index is 0.00000132. The number of imidazole rings is 1. The van der Waals surface area contributed by atoms with E-state index in [0.717, 1.165) is 37.2 Å². The average molecular weight is 357 g/mol. The molecule has 2 aromatic rings. The van der Waals surface area contributed by atoms with Crippen molar-refractivity contribution in [3.63, 3.8) is 0 Å². The minimum atomic E-state index is 0. The van der Waals surface area contributed by atoms with E-state index in [1.807, 2.05) is 47.0 Å². The van der Waals surface area contributed by atoms with Crippen LogP contribution in [-0.2, 0) is 0 Å². The van der Waals surface area contributed by atoms with Gasteiger partial charge in [-0.1, -0.05) is 0 Å². The quantitative estimate of drug-likeness (QED) is 0.919. The Morgan fingerprint density at radius 3 is 2.43 bits per heavy atom. The van der Waals surface area contributed by atoms with E-state index in [0.29, 0.717) is 6.04 Å². The topological polar surface area (TPSA) is 50.2 Å². The summed E-state index contributed by atoms with van der Waals surface area (Å²) in [6, 6.07) is 8.01. The van der Waals surface area contributed by atoms with E-state index in [9.17, 15) is 4.79 Å². The van der Waals surface area contributed by atoms with E-state index in [1.54, 1.807) is 12.5 Å². The Hall–Kier alpha value is -1.56. The van der Waals surface area contributed by atoms with Crippen LogP contribution in [0.25, 0.3) is 5.69 Å². The van der Waals surface area contributed by atoms with Gasteiger partial charge in [-0.15, -0.1) is 24.8 Å². The van der Waals surface area contributed by atoms with Gasteiger partial charge in [-0.3, -0.25) is 4.79 Å². The number of hydrogen-bond acceptors (Lipinski definition) is 3. The van der Waals surface area contributed by atoms with Crippen LogP contribution in [0, 0.1) is 0 Å². The third-order valence-electron chi connectivity index (χ3n) is 4.09. The molecule has 1 fully saturated rings. The molecule has 1 saturated heterocycles. The molecule has 3 rings (SSSR count). The Morgan fingerprint density at radius 1 is 1.22 bits per heavy atom. The van der Waals surface area contributed by atoms with Gasteiger partial charge in [-0.25, -0.2) is 4.98 Å². The Labute approximate surface area is 148 Å². The predicted molar refractivity (Wildman–Crippen MR) is 96.0 cm³/mol. The minimum Gasteiger partial charge on any atom is -0.339 e. The Bertz CT molecular complexity index is 595. The summed E-state index contributed by atoms with van der Waals surface area (Å²) in [5.74, 6) is 0.0964. The molecule has 126 valence electrons. The number of benzene rings is 1. The van der Waals surface area contributed by atoms with E-state index < -0.39 is 0 Å². The van der Waals surface area contributed by atoms with Gasteiger partial charge in [0.05, 0.1) is 6.33 Å². The van der Waals surface area contributed by atoms with Crippen LogP contribution in [0.2, 0.25) is 0 Å². The van der Waals surface area contributed by atoms with Gasteiger partial charge in [0, 0.05) is 36.7 Å². The summed E-state index contributed by atoms with van der Waals surface area (Å²) in [4.78, 5) is 18.4. The third kappa shape index (κ3) is 4.47. The minimum absolute atomic E-state index is 0. The molecule has 0 bridgehead atoms. The van der Waals surface area contributed by atoms with Crippen LogP contribution in [-0.4, -0.2) is 46.5 Å². The first kappa shape index (κ1) is 19.5. The highest BCUT2D eigenvalue weighted by Gasteiger charge is 2.22. The molecule has 0 atom stereocenters. The first-order valence-corrected chi connectivity index (χ1v) is 7.32. The molecule has 2 heterocycles. The number of piperidine rings is 1. The van der Waals surface area contributed by atoms with E-state index in [4.69, 9.17) is 0 Å². The molecule has 0 radical (unpaired) electrons. The van der Waals surface area contributed by atoms with Gasteiger partial charge >= 0.3 is 0 Å². The number of nitrogens with zero attached hydrogens (tertiary/aromatic N) is 3. The summed E-state index contributed by atoms with van der Waals surface area (Å²) >= 11 is 0. The summed E-state index contributed by atoms with van der Waals surface area (Å²) in [6.07, 6.45) is 7.42. The van der Waals surface area contributed by atoms with E-state index in [1.165, 1.54) is 0 Å². The molecule has 1 aromatic carbocycles. The lowest BCUT2D eigenvalue weighted by Gasteiger charge is -2.31. The molecule has 0 unspecified atom stereocenters. The van der Waals surface area contributed by atoms with Crippen molar-refractivity contribution in [3.05, 3.63) is 48.5 Å². The highest BCUT2D eigenvalue weighted by atomic mass is 35.5. The van der Waals surface area contributed by atoms with Crippen LogP contribution in [0.5, 0.6) is 0 Å². The number of aromatic nitrogens is 2. The number of hydrogen-bond donors (Lipinski definition) is 1. The van der Waals surface area contributed by atoms with E-state index in [2.05, 4.69) is 10.3 Å². The van der Waals surface area contributed by atoms with Crippen LogP contribution >= 0.6 is 24.8 Å². The van der Waals surface area contributed by atoms with Crippen LogP contribution < -0.4 is 5.32 Å². The van der Waals surface area contributed by atoms with Crippen molar-refractivity contribution in [2.24, 2.45) is 0 Å². The van der Waals surface area contributed by atoms with Gasteiger partial charge in [0.25, 0.3) is 5.91 Å². The van der Waals surface area contributed by atoms with Crippen LogP contribution in [0.3, 0.4) is 0 Å². The molecule has 5 nitrogen and oxygen atoms in total. The van der Waals surface area contributed by atoms with Crippen molar-refractivity contribution in [1.29, 1.82) is 0 Å². The number of rotatable bonds is 3. The molecule has 23 heavy (non-hydrogen) atoms. The van der Waals surface area contributed by atoms with Gasteiger partial charge in [0.1, 0.15) is 0 Å². The second-order valence-electron chi connectivity index (χ2n) is 5.41. The molecular weight excluding hydrogens is 335 g/mol. The fraction of sp³-hybridized carbons (Fsp3) is 0.375. The van der Waals surface area contributed by atoms with E-state index in [-0.39, 0.29) is 30.7 Å². The third-order valence-corrected chi connectivity index (χ3v) is 4.09. The highest BCUT2D eigenvalue weighted by molar-refractivity contribution is 5.94. The molecule has 7 heteroatoms. The number of halogens is 2. The van der Waals surface area contributed by atoms with Gasteiger partial charge in [-0.05, 0) is 50.2 Å². The molecule has 1 aromatic heterocycles. The smallest absolute Gasteiger partial charge is 0.253 e. The molecule has 1 aliphatic heterocycles. The fourth-order valence-corrected chi connectivity index (χ4v) is 2.75. The van der Waals surface area contributed by atoms with Crippen molar-refractivity contribution in [1.82, 2.24) is 19.8 Å². The summed E-state index contributed by atoms with van der Waals surface area (Å²) in [5.41, 5.74) is 1.74. The van der Waals surface area contributed by atoms with Crippen molar-refractivity contribution >= 4 is 30.7 Å². The first-order valence-electron chi connectivity index (χ1n) is 7.32. The van der Waals surface area contributed by atoms with Gasteiger partial charge in [0.2, 0.25) is 0 Å². The first-order chi connectivity index (χ1) is 10.3. The lowest BCUT2D eigenvalue weighted by atomic mass is 10.0. The van der Waals surface area contributed by atoms with Crippen LogP contribution in [0.1, 0.15) is 23.2 Å². The SMILES string of the molecule is CN(C(=O)c1ccc(-n2ccnc2)cc1)C1CCNCC1.Cl.Cl. The van der Waals surface area contributed by atoms with Crippen molar-refractivity contribution in [2.75, 3.05) is 20.1 Å². The maximum absolute atomic E-state index is 12.5. The second kappa shape index (κ2) is 8.91. The second-order valence-corrected chi connectivity index (χ2v) is 5.41.